The van der Waals surface area contributed by atoms with Gasteiger partial charge >= 0.3 is 0 Å². The first kappa shape index (κ1) is 20.1. The molecular weight excluding hydrogens is 477 g/mol. The molecule has 3 N–H and O–H groups in total. The third-order valence-electron chi connectivity index (χ3n) is 5.13. The first-order chi connectivity index (χ1) is 12.6. The molecular formula is C20H22Br2FN3O. The number of guanidine groups is 1. The number of ether oxygens (including phenoxy) is 1. The van der Waals surface area contributed by atoms with Gasteiger partial charge in [0.25, 0.3) is 0 Å². The lowest BCUT2D eigenvalue weighted by Gasteiger charge is -2.36. The second kappa shape index (κ2) is 8.61. The molecule has 1 unspecified atom stereocenters. The third kappa shape index (κ3) is 4.46. The Kier molecular flexibility index (Phi) is 6.42. The number of benzene rings is 2. The number of aliphatic imine (C=N–C) groups is 1. The fourth-order valence-electron chi connectivity index (χ4n) is 3.65. The first-order valence-electron chi connectivity index (χ1n) is 8.86. The summed E-state index contributed by atoms with van der Waals surface area (Å²) < 4.78 is 19.5. The van der Waals surface area contributed by atoms with E-state index in [-0.39, 0.29) is 28.8 Å². The normalized spacial score (nSPS) is 24.1. The van der Waals surface area contributed by atoms with Crippen molar-refractivity contribution in [1.82, 2.24) is 5.32 Å². The topological polar surface area (TPSA) is 59.6 Å². The van der Waals surface area contributed by atoms with E-state index in [4.69, 9.17) is 10.5 Å². The van der Waals surface area contributed by atoms with Crippen LogP contribution in [0.15, 0.2) is 51.9 Å². The zero-order valence-corrected chi connectivity index (χ0v) is 18.0. The number of halogens is 3. The van der Waals surface area contributed by atoms with Gasteiger partial charge in [-0.25, -0.2) is 9.38 Å². The van der Waals surface area contributed by atoms with Crippen molar-refractivity contribution in [3.63, 3.8) is 0 Å². The lowest BCUT2D eigenvalue weighted by molar-refractivity contribution is 0.269. The molecule has 2 aromatic carbocycles. The minimum atomic E-state index is -0.226. The van der Waals surface area contributed by atoms with Crippen LogP contribution in [0.5, 0.6) is 5.75 Å². The van der Waals surface area contributed by atoms with Crippen LogP contribution in [-0.4, -0.2) is 18.6 Å². The number of nitrogens with one attached hydrogen (secondary N) is 1. The van der Waals surface area contributed by atoms with Gasteiger partial charge in [-0.15, -0.1) is 17.0 Å². The molecule has 27 heavy (non-hydrogen) atoms. The highest BCUT2D eigenvalue weighted by molar-refractivity contribution is 9.10. The number of para-hydroxylation sites is 1. The molecule has 2 aromatic rings. The molecule has 0 saturated heterocycles. The van der Waals surface area contributed by atoms with Gasteiger partial charge in [0.1, 0.15) is 11.6 Å². The summed E-state index contributed by atoms with van der Waals surface area (Å²) in [7, 11) is 0. The maximum absolute atomic E-state index is 13.4. The Morgan fingerprint density at radius 3 is 2.78 bits per heavy atom. The summed E-state index contributed by atoms with van der Waals surface area (Å²) in [5.41, 5.74) is 8.39. The molecule has 0 amide bonds. The molecule has 0 spiro atoms. The predicted molar refractivity (Wildman–Crippen MR) is 114 cm³/mol. The minimum absolute atomic E-state index is 0. The molecule has 0 aromatic heterocycles. The van der Waals surface area contributed by atoms with Crippen LogP contribution in [0.2, 0.25) is 0 Å². The van der Waals surface area contributed by atoms with E-state index in [1.807, 2.05) is 36.4 Å². The Balaban J connectivity index is 0.00000210. The van der Waals surface area contributed by atoms with Crippen molar-refractivity contribution in [2.75, 3.05) is 6.61 Å². The van der Waals surface area contributed by atoms with Crippen molar-refractivity contribution in [3.8, 4) is 5.75 Å². The van der Waals surface area contributed by atoms with E-state index in [0.717, 1.165) is 36.1 Å². The number of hydrogen-bond acceptors (Lipinski definition) is 2. The van der Waals surface area contributed by atoms with E-state index in [1.165, 1.54) is 6.07 Å². The van der Waals surface area contributed by atoms with Crippen LogP contribution in [0, 0.1) is 5.82 Å². The van der Waals surface area contributed by atoms with Gasteiger partial charge in [0.15, 0.2) is 5.96 Å². The minimum Gasteiger partial charge on any atom is -0.493 e. The van der Waals surface area contributed by atoms with E-state index >= 15 is 0 Å². The highest BCUT2D eigenvalue weighted by Crippen LogP contribution is 2.38. The second-order valence-corrected chi connectivity index (χ2v) is 7.74. The highest BCUT2D eigenvalue weighted by Gasteiger charge is 2.31. The Bertz CT molecular complexity index is 840. The average Bonchev–Trinajstić information content (AvgIpc) is 2.61. The standard InChI is InChI=1S/C20H21BrFN3O.BrH/c21-16-11-12(5-6-17(16)22)13-9-14(10-13)24-20(23)25-18-7-8-26-19-4-2-1-3-15(18)19;/h1-6,11,13-14,18H,7-10H2,(H3,23,24,25);1H. The smallest absolute Gasteiger partial charge is 0.189 e. The molecule has 4 nitrogen and oxygen atoms in total. The quantitative estimate of drug-likeness (QED) is 0.470. The Morgan fingerprint density at radius 1 is 1.22 bits per heavy atom. The average molecular weight is 499 g/mol. The molecule has 1 aliphatic carbocycles. The van der Waals surface area contributed by atoms with Crippen LogP contribution in [0.4, 0.5) is 4.39 Å². The molecule has 7 heteroatoms. The Hall–Kier alpha value is -1.60. The van der Waals surface area contributed by atoms with E-state index in [9.17, 15) is 4.39 Å². The Labute approximate surface area is 177 Å². The van der Waals surface area contributed by atoms with E-state index < -0.39 is 0 Å². The van der Waals surface area contributed by atoms with Crippen LogP contribution in [0.3, 0.4) is 0 Å². The van der Waals surface area contributed by atoms with Crippen molar-refractivity contribution in [1.29, 1.82) is 0 Å². The van der Waals surface area contributed by atoms with Crippen LogP contribution in [0.1, 0.15) is 42.3 Å². The SMILES string of the molecule is Br.NC(=NC1CCOc2ccccc21)NC1CC(c2ccc(F)c(Br)c2)C1. The summed E-state index contributed by atoms with van der Waals surface area (Å²) in [4.78, 5) is 4.67. The summed E-state index contributed by atoms with van der Waals surface area (Å²) in [6, 6.07) is 13.6. The van der Waals surface area contributed by atoms with E-state index in [1.54, 1.807) is 0 Å². The number of fused-ring (bicyclic) bond motifs is 1. The molecule has 1 aliphatic heterocycles. The van der Waals surface area contributed by atoms with Crippen LogP contribution in [0.25, 0.3) is 0 Å². The lowest BCUT2D eigenvalue weighted by atomic mass is 9.76. The summed E-state index contributed by atoms with van der Waals surface area (Å²) in [5.74, 6) is 1.58. The van der Waals surface area contributed by atoms with Crippen molar-refractivity contribution in [2.45, 2.75) is 37.3 Å². The molecule has 0 radical (unpaired) electrons. The van der Waals surface area contributed by atoms with Crippen molar-refractivity contribution >= 4 is 38.9 Å². The molecule has 4 rings (SSSR count). The fraction of sp³-hybridized carbons (Fsp3) is 0.350. The van der Waals surface area contributed by atoms with Crippen LogP contribution >= 0.6 is 32.9 Å². The van der Waals surface area contributed by atoms with Gasteiger partial charge in [0.2, 0.25) is 0 Å². The van der Waals surface area contributed by atoms with Crippen molar-refractivity contribution < 1.29 is 9.13 Å². The van der Waals surface area contributed by atoms with Gasteiger partial charge < -0.3 is 15.8 Å². The van der Waals surface area contributed by atoms with E-state index in [0.29, 0.717) is 29.0 Å². The summed E-state index contributed by atoms with van der Waals surface area (Å²) in [6.45, 7) is 0.656. The first-order valence-corrected chi connectivity index (χ1v) is 9.66. The van der Waals surface area contributed by atoms with Crippen molar-refractivity contribution in [3.05, 3.63) is 63.9 Å². The number of nitrogens with two attached hydrogens (primary N) is 1. The van der Waals surface area contributed by atoms with Gasteiger partial charge in [-0.2, -0.15) is 0 Å². The zero-order chi connectivity index (χ0) is 18.1. The molecule has 1 saturated carbocycles. The van der Waals surface area contributed by atoms with Crippen LogP contribution < -0.4 is 15.8 Å². The molecule has 1 atom stereocenters. The molecule has 1 heterocycles. The van der Waals surface area contributed by atoms with Gasteiger partial charge in [-0.05, 0) is 58.5 Å². The number of rotatable bonds is 3. The fourth-order valence-corrected chi connectivity index (χ4v) is 4.04. The van der Waals surface area contributed by atoms with Gasteiger partial charge in [0.05, 0.1) is 17.1 Å². The lowest BCUT2D eigenvalue weighted by Crippen LogP contribution is -2.46. The van der Waals surface area contributed by atoms with E-state index in [2.05, 4.69) is 26.2 Å². The maximum atomic E-state index is 13.4. The van der Waals surface area contributed by atoms with Crippen LogP contribution in [-0.2, 0) is 0 Å². The Morgan fingerprint density at radius 2 is 2.00 bits per heavy atom. The molecule has 2 aliphatic rings. The van der Waals surface area contributed by atoms with Gasteiger partial charge in [-0.1, -0.05) is 24.3 Å². The predicted octanol–water partition coefficient (Wildman–Crippen LogP) is 4.84. The maximum Gasteiger partial charge on any atom is 0.189 e. The summed E-state index contributed by atoms with van der Waals surface area (Å²) in [6.07, 6.45) is 2.77. The van der Waals surface area contributed by atoms with Crippen molar-refractivity contribution in [2.24, 2.45) is 10.7 Å². The van der Waals surface area contributed by atoms with Gasteiger partial charge in [0, 0.05) is 18.0 Å². The second-order valence-electron chi connectivity index (χ2n) is 6.89. The molecule has 1 fully saturated rings. The molecule has 144 valence electrons. The highest BCUT2D eigenvalue weighted by atomic mass is 79.9. The largest absolute Gasteiger partial charge is 0.493 e. The summed E-state index contributed by atoms with van der Waals surface area (Å²) >= 11 is 3.25. The monoisotopic (exact) mass is 497 g/mol. The summed E-state index contributed by atoms with van der Waals surface area (Å²) in [5, 5.41) is 3.32. The zero-order valence-electron chi connectivity index (χ0n) is 14.7. The number of nitrogens with zero attached hydrogens (tertiary/aromatic N) is 1. The number of hydrogen-bond donors (Lipinski definition) is 2. The van der Waals surface area contributed by atoms with Gasteiger partial charge in [-0.3, -0.25) is 0 Å². The molecule has 0 bridgehead atoms. The third-order valence-corrected chi connectivity index (χ3v) is 5.73.